The second-order valence-electron chi connectivity index (χ2n) is 2.73. The Kier molecular flexibility index (Phi) is 2.20. The zero-order chi connectivity index (χ0) is 10.3. The number of benzene rings is 1. The van der Waals surface area contributed by atoms with Crippen LogP contribution in [-0.2, 0) is 0 Å². The molecule has 72 valence electrons. The summed E-state index contributed by atoms with van der Waals surface area (Å²) in [6, 6.07) is 4.22. The molecule has 14 heavy (non-hydrogen) atoms. The summed E-state index contributed by atoms with van der Waals surface area (Å²) in [5.41, 5.74) is 0.109. The van der Waals surface area contributed by atoms with Crippen molar-refractivity contribution >= 4 is 40.0 Å². The molecule has 0 bridgehead atoms. The van der Waals surface area contributed by atoms with Crippen LogP contribution in [0, 0.1) is 5.13 Å². The van der Waals surface area contributed by atoms with Crippen LogP contribution >= 0.6 is 24.0 Å². The van der Waals surface area contributed by atoms with Gasteiger partial charge in [-0.05, 0) is 18.2 Å². The van der Waals surface area contributed by atoms with Crippen molar-refractivity contribution in [1.82, 2.24) is 0 Å². The molecule has 1 heterocycles. The van der Waals surface area contributed by atoms with Gasteiger partial charge >= 0.3 is 5.97 Å². The van der Waals surface area contributed by atoms with Crippen LogP contribution in [0.25, 0.3) is 10.1 Å². The van der Waals surface area contributed by atoms with E-state index in [1.165, 1.54) is 12.1 Å². The van der Waals surface area contributed by atoms with Gasteiger partial charge in [0.25, 0.3) is 0 Å². The number of rotatable bonds is 1. The normalized spacial score (nSPS) is 10.7. The third-order valence-electron chi connectivity index (χ3n) is 1.86. The molecule has 2 rings (SSSR count). The molecule has 1 aromatic carbocycles. The molecule has 1 aromatic heterocycles. The smallest absolute Gasteiger partial charge is 0.336 e. The molecule has 0 saturated carbocycles. The topological polar surface area (TPSA) is 37.3 Å². The van der Waals surface area contributed by atoms with Crippen LogP contribution in [0.15, 0.2) is 23.1 Å². The average molecular weight is 228 g/mol. The number of hydrogen-bond donors (Lipinski definition) is 2. The Morgan fingerprint density at radius 1 is 1.50 bits per heavy atom. The summed E-state index contributed by atoms with van der Waals surface area (Å²) in [6.45, 7) is 0. The largest absolute Gasteiger partial charge is 0.478 e. The molecule has 0 saturated heterocycles. The molecule has 0 atom stereocenters. The highest BCUT2D eigenvalue weighted by Crippen LogP contribution is 2.32. The van der Waals surface area contributed by atoms with E-state index < -0.39 is 11.1 Å². The van der Waals surface area contributed by atoms with Crippen LogP contribution in [0.1, 0.15) is 10.4 Å². The van der Waals surface area contributed by atoms with E-state index in [4.69, 9.17) is 5.11 Å². The maximum absolute atomic E-state index is 12.9. The van der Waals surface area contributed by atoms with Crippen LogP contribution in [0.4, 0.5) is 4.39 Å². The fraction of sp³-hybridized carbons (Fsp3) is 0. The Bertz CT molecular complexity index is 519. The summed E-state index contributed by atoms with van der Waals surface area (Å²) in [6.07, 6.45) is 0. The van der Waals surface area contributed by atoms with Crippen molar-refractivity contribution in [2.75, 3.05) is 0 Å². The molecule has 1 N–H and O–H groups in total. The summed E-state index contributed by atoms with van der Waals surface area (Å²) in [5, 5.41) is 8.85. The number of carboxylic acid groups (broad SMARTS) is 1. The lowest BCUT2D eigenvalue weighted by atomic mass is 10.1. The van der Waals surface area contributed by atoms with Crippen molar-refractivity contribution in [3.05, 3.63) is 28.9 Å². The number of carboxylic acids is 1. The molecule has 0 radical (unpaired) electrons. The number of thiol groups is 1. The van der Waals surface area contributed by atoms with Gasteiger partial charge in [-0.25, -0.2) is 4.79 Å². The van der Waals surface area contributed by atoms with Gasteiger partial charge in [0.05, 0.1) is 10.3 Å². The maximum atomic E-state index is 12.9. The lowest BCUT2D eigenvalue weighted by molar-refractivity contribution is 0.0699. The molecule has 0 fully saturated rings. The number of fused-ring (bicyclic) bond motifs is 1. The number of halogens is 1. The van der Waals surface area contributed by atoms with Crippen LogP contribution in [0.3, 0.4) is 0 Å². The SMILES string of the molecule is O=C(O)c1ccc(S)c2sc(F)cc12. The van der Waals surface area contributed by atoms with Crippen LogP contribution in [0.2, 0.25) is 0 Å². The number of hydrogen-bond acceptors (Lipinski definition) is 3. The van der Waals surface area contributed by atoms with Gasteiger partial charge in [0.15, 0.2) is 5.13 Å². The summed E-state index contributed by atoms with van der Waals surface area (Å²) in [7, 11) is 0. The second kappa shape index (κ2) is 3.25. The molecule has 2 aromatic rings. The van der Waals surface area contributed by atoms with Gasteiger partial charge in [0, 0.05) is 10.3 Å². The van der Waals surface area contributed by atoms with Crippen LogP contribution in [0.5, 0.6) is 0 Å². The minimum atomic E-state index is -1.05. The van der Waals surface area contributed by atoms with Gasteiger partial charge < -0.3 is 5.11 Å². The molecule has 0 aliphatic carbocycles. The Hall–Kier alpha value is -1.07. The minimum Gasteiger partial charge on any atom is -0.478 e. The van der Waals surface area contributed by atoms with Crippen molar-refractivity contribution in [2.24, 2.45) is 0 Å². The van der Waals surface area contributed by atoms with E-state index in [2.05, 4.69) is 12.6 Å². The molecule has 0 unspecified atom stereocenters. The van der Waals surface area contributed by atoms with E-state index in [1.54, 1.807) is 6.07 Å². The first-order valence-electron chi connectivity index (χ1n) is 3.74. The summed E-state index contributed by atoms with van der Waals surface area (Å²) >= 11 is 5.03. The molecule has 0 amide bonds. The number of aromatic carboxylic acids is 1. The predicted molar refractivity (Wildman–Crippen MR) is 56.0 cm³/mol. The standard InChI is InChI=1S/C9H5FO2S2/c10-7-3-5-4(9(11)12)1-2-6(13)8(5)14-7/h1-3,13H,(H,11,12). The van der Waals surface area contributed by atoms with Gasteiger partial charge in [0.2, 0.25) is 0 Å². The third-order valence-corrected chi connectivity index (χ3v) is 3.34. The van der Waals surface area contributed by atoms with E-state index in [-0.39, 0.29) is 5.56 Å². The molecule has 0 spiro atoms. The first kappa shape index (κ1) is 9.48. The highest BCUT2D eigenvalue weighted by molar-refractivity contribution is 7.80. The number of thiophene rings is 1. The third kappa shape index (κ3) is 1.38. The fourth-order valence-electron chi connectivity index (χ4n) is 1.27. The van der Waals surface area contributed by atoms with E-state index >= 15 is 0 Å². The minimum absolute atomic E-state index is 0.109. The molecular formula is C9H5FO2S2. The maximum Gasteiger partial charge on any atom is 0.336 e. The number of carbonyl (C=O) groups is 1. The lowest BCUT2D eigenvalue weighted by Crippen LogP contribution is -1.95. The quantitative estimate of drug-likeness (QED) is 0.736. The highest BCUT2D eigenvalue weighted by Gasteiger charge is 2.13. The van der Waals surface area contributed by atoms with Crippen molar-refractivity contribution in [3.8, 4) is 0 Å². The Morgan fingerprint density at radius 2 is 2.21 bits per heavy atom. The van der Waals surface area contributed by atoms with Gasteiger partial charge in [-0.2, -0.15) is 4.39 Å². The zero-order valence-electron chi connectivity index (χ0n) is 6.82. The van der Waals surface area contributed by atoms with Gasteiger partial charge in [0.1, 0.15) is 0 Å². The Balaban J connectivity index is 2.87. The first-order valence-corrected chi connectivity index (χ1v) is 5.00. The van der Waals surface area contributed by atoms with Gasteiger partial charge in [-0.1, -0.05) is 0 Å². The Labute approximate surface area is 88.4 Å². The van der Waals surface area contributed by atoms with Crippen molar-refractivity contribution in [3.63, 3.8) is 0 Å². The molecule has 5 heteroatoms. The second-order valence-corrected chi connectivity index (χ2v) is 4.21. The van der Waals surface area contributed by atoms with E-state index in [0.717, 1.165) is 11.3 Å². The van der Waals surface area contributed by atoms with E-state index in [9.17, 15) is 9.18 Å². The lowest BCUT2D eigenvalue weighted by Gasteiger charge is -1.98. The molecule has 0 aliphatic rings. The van der Waals surface area contributed by atoms with Crippen molar-refractivity contribution in [2.45, 2.75) is 4.90 Å². The van der Waals surface area contributed by atoms with Crippen LogP contribution in [-0.4, -0.2) is 11.1 Å². The fourth-order valence-corrected chi connectivity index (χ4v) is 2.42. The molecular weight excluding hydrogens is 223 g/mol. The average Bonchev–Trinajstić information content (AvgIpc) is 2.47. The van der Waals surface area contributed by atoms with E-state index in [0.29, 0.717) is 15.0 Å². The van der Waals surface area contributed by atoms with Crippen LogP contribution < -0.4 is 0 Å². The van der Waals surface area contributed by atoms with Crippen molar-refractivity contribution < 1.29 is 14.3 Å². The van der Waals surface area contributed by atoms with Crippen molar-refractivity contribution in [1.29, 1.82) is 0 Å². The summed E-state index contributed by atoms with van der Waals surface area (Å²) < 4.78 is 13.5. The zero-order valence-corrected chi connectivity index (χ0v) is 8.53. The predicted octanol–water partition coefficient (Wildman–Crippen LogP) is 3.03. The van der Waals surface area contributed by atoms with E-state index in [1.807, 2.05) is 0 Å². The Morgan fingerprint density at radius 3 is 2.86 bits per heavy atom. The highest BCUT2D eigenvalue weighted by atomic mass is 32.1. The first-order chi connectivity index (χ1) is 6.59. The summed E-state index contributed by atoms with van der Waals surface area (Å²) in [4.78, 5) is 11.4. The van der Waals surface area contributed by atoms with Gasteiger partial charge in [-0.3, -0.25) is 0 Å². The summed E-state index contributed by atoms with van der Waals surface area (Å²) in [5.74, 6) is -1.05. The van der Waals surface area contributed by atoms with Gasteiger partial charge in [-0.15, -0.1) is 24.0 Å². The monoisotopic (exact) mass is 228 g/mol. The molecule has 0 aliphatic heterocycles. The molecule has 2 nitrogen and oxygen atoms in total.